The van der Waals surface area contributed by atoms with Gasteiger partial charge >= 0.3 is 6.03 Å². The molecule has 3 heterocycles. The van der Waals surface area contributed by atoms with Crippen LogP contribution in [-0.2, 0) is 9.59 Å². The Balaban J connectivity index is 0.000000847. The van der Waals surface area contributed by atoms with Crippen molar-refractivity contribution in [3.63, 3.8) is 0 Å². The van der Waals surface area contributed by atoms with E-state index in [0.717, 1.165) is 0 Å². The van der Waals surface area contributed by atoms with E-state index in [0.29, 0.717) is 4.90 Å². The normalized spacial score (nSPS) is 17.5. The summed E-state index contributed by atoms with van der Waals surface area (Å²) < 4.78 is 0. The van der Waals surface area contributed by atoms with Gasteiger partial charge in [-0.2, -0.15) is 0 Å². The number of imide groups is 3. The van der Waals surface area contributed by atoms with Crippen LogP contribution in [0.5, 0.6) is 0 Å². The van der Waals surface area contributed by atoms with Crippen LogP contribution in [0.2, 0.25) is 0 Å². The molecule has 114 valence electrons. The van der Waals surface area contributed by atoms with Crippen LogP contribution < -0.4 is 10.6 Å². The molecule has 2 aliphatic heterocycles. The summed E-state index contributed by atoms with van der Waals surface area (Å²) in [6, 6.07) is 0.109. The Morgan fingerprint density at radius 2 is 1.59 bits per heavy atom. The molecule has 9 heteroatoms. The number of hydrogen-bond acceptors (Lipinski definition) is 6. The second kappa shape index (κ2) is 5.72. The molecule has 0 unspecified atom stereocenters. The van der Waals surface area contributed by atoms with Crippen molar-refractivity contribution < 1.29 is 24.0 Å². The van der Waals surface area contributed by atoms with E-state index in [1.54, 1.807) is 0 Å². The summed E-state index contributed by atoms with van der Waals surface area (Å²) >= 11 is 0. The highest BCUT2D eigenvalue weighted by Gasteiger charge is 2.49. The zero-order valence-corrected chi connectivity index (χ0v) is 11.7. The lowest BCUT2D eigenvalue weighted by Gasteiger charge is -2.26. The molecule has 1 fully saturated rings. The molecule has 0 atom stereocenters. The van der Waals surface area contributed by atoms with Crippen LogP contribution >= 0.6 is 0 Å². The summed E-state index contributed by atoms with van der Waals surface area (Å²) in [5.74, 6) is -3.72. The van der Waals surface area contributed by atoms with Gasteiger partial charge in [-0.25, -0.2) is 4.79 Å². The van der Waals surface area contributed by atoms with Gasteiger partial charge in [-0.15, -0.1) is 0 Å². The van der Waals surface area contributed by atoms with Gasteiger partial charge in [0.15, 0.2) is 6.04 Å². The lowest BCUT2D eigenvalue weighted by molar-refractivity contribution is -0.135. The molecule has 0 aliphatic carbocycles. The van der Waals surface area contributed by atoms with Crippen molar-refractivity contribution in [3.8, 4) is 0 Å². The van der Waals surface area contributed by atoms with Crippen LogP contribution in [0.25, 0.3) is 0 Å². The number of rotatable bonds is 1. The van der Waals surface area contributed by atoms with Gasteiger partial charge in [-0.1, -0.05) is 13.8 Å². The highest BCUT2D eigenvalue weighted by atomic mass is 16.2. The zero-order chi connectivity index (χ0) is 16.4. The van der Waals surface area contributed by atoms with E-state index in [1.165, 1.54) is 18.3 Å². The Morgan fingerprint density at radius 3 is 2.14 bits per heavy atom. The zero-order valence-electron chi connectivity index (χ0n) is 11.7. The number of hydrogen-bond donors (Lipinski definition) is 2. The number of amides is 6. The van der Waals surface area contributed by atoms with E-state index in [1.807, 2.05) is 24.5 Å². The van der Waals surface area contributed by atoms with Gasteiger partial charge in [0.1, 0.15) is 5.69 Å². The number of carbonyl (C=O) groups excluding carboxylic acids is 5. The average Bonchev–Trinajstić information content (AvgIpc) is 2.74. The topological polar surface area (TPSA) is 126 Å². The van der Waals surface area contributed by atoms with Crippen LogP contribution in [0.3, 0.4) is 0 Å². The summed E-state index contributed by atoms with van der Waals surface area (Å²) in [6.07, 6.45) is 1.32. The number of aromatic nitrogens is 1. The van der Waals surface area contributed by atoms with Gasteiger partial charge in [0.2, 0.25) is 0 Å². The Labute approximate surface area is 124 Å². The molecule has 2 aliphatic rings. The molecule has 0 bridgehead atoms. The van der Waals surface area contributed by atoms with Crippen molar-refractivity contribution in [1.29, 1.82) is 0 Å². The fourth-order valence-electron chi connectivity index (χ4n) is 2.06. The molecule has 0 saturated carbocycles. The van der Waals surface area contributed by atoms with Crippen LogP contribution in [0.15, 0.2) is 18.3 Å². The van der Waals surface area contributed by atoms with Crippen molar-refractivity contribution >= 4 is 29.7 Å². The molecule has 22 heavy (non-hydrogen) atoms. The average molecular weight is 304 g/mol. The Hall–Kier alpha value is -3.10. The number of nitrogens with zero attached hydrogens (tertiary/aromatic N) is 2. The summed E-state index contributed by atoms with van der Waals surface area (Å²) in [5.41, 5.74) is -0.120. The maximum atomic E-state index is 12.1. The van der Waals surface area contributed by atoms with Gasteiger partial charge in [-0.3, -0.25) is 39.7 Å². The molecule has 1 aromatic rings. The third kappa shape index (κ3) is 2.22. The minimum absolute atomic E-state index is 0.00926. The minimum atomic E-state index is -1.72. The molecule has 3 rings (SSSR count). The number of pyridine rings is 1. The lowest BCUT2D eigenvalue weighted by atomic mass is 10.2. The minimum Gasteiger partial charge on any atom is -0.275 e. The number of fused-ring (bicyclic) bond motifs is 1. The van der Waals surface area contributed by atoms with E-state index in [2.05, 4.69) is 4.98 Å². The van der Waals surface area contributed by atoms with Crippen molar-refractivity contribution in [2.75, 3.05) is 0 Å². The quantitative estimate of drug-likeness (QED) is 0.529. The molecule has 0 radical (unpaired) electrons. The first-order chi connectivity index (χ1) is 10.5. The molecule has 0 spiro atoms. The third-order valence-corrected chi connectivity index (χ3v) is 2.91. The molecule has 9 nitrogen and oxygen atoms in total. The van der Waals surface area contributed by atoms with Gasteiger partial charge < -0.3 is 0 Å². The summed E-state index contributed by atoms with van der Waals surface area (Å²) in [7, 11) is 0. The fraction of sp³-hybridized carbons (Fsp3) is 0.231. The van der Waals surface area contributed by atoms with Crippen molar-refractivity contribution in [2.45, 2.75) is 19.9 Å². The first kappa shape index (κ1) is 15.3. The van der Waals surface area contributed by atoms with Crippen molar-refractivity contribution in [2.24, 2.45) is 0 Å². The predicted octanol–water partition coefficient (Wildman–Crippen LogP) is -0.562. The Kier molecular flexibility index (Phi) is 3.97. The molecule has 2 N–H and O–H groups in total. The predicted molar refractivity (Wildman–Crippen MR) is 71.6 cm³/mol. The molecule has 0 aromatic carbocycles. The van der Waals surface area contributed by atoms with Crippen molar-refractivity contribution in [3.05, 3.63) is 29.6 Å². The number of barbiturate groups is 1. The molecule has 1 saturated heterocycles. The van der Waals surface area contributed by atoms with Gasteiger partial charge in [0.25, 0.3) is 23.6 Å². The largest absolute Gasteiger partial charge is 0.328 e. The summed E-state index contributed by atoms with van der Waals surface area (Å²) in [4.78, 5) is 62.8. The van der Waals surface area contributed by atoms with Crippen LogP contribution in [-0.4, -0.2) is 45.6 Å². The summed E-state index contributed by atoms with van der Waals surface area (Å²) in [5, 5.41) is 3.66. The number of urea groups is 1. The molecular weight excluding hydrogens is 292 g/mol. The fourth-order valence-corrected chi connectivity index (χ4v) is 2.06. The lowest BCUT2D eigenvalue weighted by Crippen LogP contribution is -2.65. The van der Waals surface area contributed by atoms with E-state index in [4.69, 9.17) is 0 Å². The third-order valence-electron chi connectivity index (χ3n) is 2.91. The van der Waals surface area contributed by atoms with Crippen LogP contribution in [0.1, 0.15) is 34.7 Å². The van der Waals surface area contributed by atoms with Gasteiger partial charge in [0.05, 0.1) is 5.56 Å². The maximum absolute atomic E-state index is 12.1. The second-order valence-electron chi connectivity index (χ2n) is 4.09. The number of carbonyl (C=O) groups is 5. The molecule has 6 amide bonds. The van der Waals surface area contributed by atoms with E-state index in [9.17, 15) is 24.0 Å². The van der Waals surface area contributed by atoms with Crippen molar-refractivity contribution in [1.82, 2.24) is 20.5 Å². The van der Waals surface area contributed by atoms with Gasteiger partial charge in [-0.05, 0) is 12.1 Å². The van der Waals surface area contributed by atoms with Gasteiger partial charge in [0, 0.05) is 6.20 Å². The Morgan fingerprint density at radius 1 is 1.00 bits per heavy atom. The first-order valence-electron chi connectivity index (χ1n) is 6.49. The molecule has 1 aromatic heterocycles. The smallest absolute Gasteiger partial charge is 0.275 e. The Bertz CT molecular complexity index is 644. The second-order valence-corrected chi connectivity index (χ2v) is 4.09. The summed E-state index contributed by atoms with van der Waals surface area (Å²) in [6.45, 7) is 4.00. The molecular formula is C13H12N4O5. The van der Waals surface area contributed by atoms with Crippen LogP contribution in [0, 0.1) is 0 Å². The monoisotopic (exact) mass is 304 g/mol. The van der Waals surface area contributed by atoms with E-state index < -0.39 is 35.7 Å². The highest BCUT2D eigenvalue weighted by molar-refractivity contribution is 6.28. The van der Waals surface area contributed by atoms with E-state index in [-0.39, 0.29) is 11.3 Å². The van der Waals surface area contributed by atoms with Crippen LogP contribution in [0.4, 0.5) is 4.79 Å². The standard InChI is InChI=1S/C11H6N4O5.C2H6/c16-7-6(8(17)14-11(20)13-7)15-9(18)4-2-1-3-12-5(4)10(15)19;1-2/h1-3,6H,(H2,13,14,16,17,20);1-2H3. The maximum Gasteiger partial charge on any atom is 0.328 e. The SMILES string of the molecule is CC.O=C1NC(=O)C(N2C(=O)c3cccnc3C2=O)C(=O)N1. The number of nitrogens with one attached hydrogen (secondary N) is 2. The van der Waals surface area contributed by atoms with E-state index >= 15 is 0 Å². The first-order valence-corrected chi connectivity index (χ1v) is 6.49. The highest BCUT2D eigenvalue weighted by Crippen LogP contribution is 2.23.